The fraction of sp³-hybridized carbons (Fsp3) is 0.391. The van der Waals surface area contributed by atoms with Crippen LogP contribution in [0.25, 0.3) is 0 Å². The second-order valence-corrected chi connectivity index (χ2v) is 7.72. The van der Waals surface area contributed by atoms with Gasteiger partial charge in [0.25, 0.3) is 0 Å². The van der Waals surface area contributed by atoms with Crippen LogP contribution in [-0.4, -0.2) is 49.5 Å². The molecule has 0 radical (unpaired) electrons. The number of rotatable bonds is 8. The predicted molar refractivity (Wildman–Crippen MR) is 117 cm³/mol. The number of hydrogen-bond donors (Lipinski definition) is 2. The number of benzene rings is 2. The molecule has 1 heterocycles. The maximum atomic E-state index is 11.9. The summed E-state index contributed by atoms with van der Waals surface area (Å²) in [4.78, 5) is 26.2. The lowest BCUT2D eigenvalue weighted by Crippen LogP contribution is -2.40. The van der Waals surface area contributed by atoms with Crippen molar-refractivity contribution in [2.75, 3.05) is 32.8 Å². The quantitative estimate of drug-likeness (QED) is 0.500. The summed E-state index contributed by atoms with van der Waals surface area (Å²) in [5.74, 6) is -1.26. The lowest BCUT2D eigenvalue weighted by atomic mass is 10.1. The molecule has 160 valence electrons. The summed E-state index contributed by atoms with van der Waals surface area (Å²) < 4.78 is 5.89. The Morgan fingerprint density at radius 1 is 1.00 bits per heavy atom. The van der Waals surface area contributed by atoms with Crippen LogP contribution >= 0.6 is 11.6 Å². The van der Waals surface area contributed by atoms with Crippen LogP contribution in [0.3, 0.4) is 0 Å². The number of halogens is 1. The first-order valence-corrected chi connectivity index (χ1v) is 10.7. The van der Waals surface area contributed by atoms with Crippen LogP contribution in [0.2, 0.25) is 5.02 Å². The normalized spacial score (nSPS) is 16.8. The van der Waals surface area contributed by atoms with E-state index >= 15 is 0 Å². The lowest BCUT2D eigenvalue weighted by Gasteiger charge is -2.33. The molecule has 1 atom stereocenters. The Labute approximate surface area is 182 Å². The van der Waals surface area contributed by atoms with Crippen molar-refractivity contribution in [1.82, 2.24) is 15.5 Å². The van der Waals surface area contributed by atoms with Gasteiger partial charge < -0.3 is 15.4 Å². The molecule has 3 rings (SSSR count). The molecule has 2 N–H and O–H groups in total. The number of ether oxygens (including phenoxy) is 1. The minimum Gasteiger partial charge on any atom is -0.371 e. The number of unbranched alkanes of at least 4 members (excludes halogenated alkanes) is 1. The Hall–Kier alpha value is -2.41. The molecule has 1 unspecified atom stereocenters. The zero-order valence-corrected chi connectivity index (χ0v) is 17.7. The second kappa shape index (κ2) is 11.7. The van der Waals surface area contributed by atoms with Crippen molar-refractivity contribution >= 4 is 23.4 Å². The number of carbonyl (C=O) groups excluding carboxylic acids is 2. The van der Waals surface area contributed by atoms with Crippen LogP contribution in [0.1, 0.15) is 30.1 Å². The van der Waals surface area contributed by atoms with Gasteiger partial charge in [-0.3, -0.25) is 14.5 Å². The van der Waals surface area contributed by atoms with Crippen molar-refractivity contribution in [3.05, 3.63) is 70.7 Å². The number of carbonyl (C=O) groups is 2. The SMILES string of the molecule is O=C(NCCCCN1CCOC(c2ccccc2)C1)C(=O)NCc1ccccc1Cl. The molecule has 1 aliphatic rings. The van der Waals surface area contributed by atoms with Crippen LogP contribution in [-0.2, 0) is 20.9 Å². The molecule has 1 fully saturated rings. The van der Waals surface area contributed by atoms with Gasteiger partial charge in [-0.15, -0.1) is 0 Å². The zero-order chi connectivity index (χ0) is 21.2. The maximum absolute atomic E-state index is 11.9. The van der Waals surface area contributed by atoms with Gasteiger partial charge in [-0.2, -0.15) is 0 Å². The molecule has 2 aromatic carbocycles. The van der Waals surface area contributed by atoms with Gasteiger partial charge in [0.05, 0.1) is 12.7 Å². The topological polar surface area (TPSA) is 70.7 Å². The molecule has 6 nitrogen and oxygen atoms in total. The fourth-order valence-electron chi connectivity index (χ4n) is 3.42. The Kier molecular flexibility index (Phi) is 8.68. The standard InChI is InChI=1S/C23H28ClN3O3/c24-20-11-5-4-10-19(20)16-26-23(29)22(28)25-12-6-7-13-27-14-15-30-21(17-27)18-8-2-1-3-9-18/h1-5,8-11,21H,6-7,12-17H2,(H,25,28)(H,26,29). The molecule has 2 aromatic rings. The van der Waals surface area contributed by atoms with Crippen LogP contribution in [0.15, 0.2) is 54.6 Å². The van der Waals surface area contributed by atoms with Crippen LogP contribution in [0.4, 0.5) is 0 Å². The van der Waals surface area contributed by atoms with E-state index in [1.807, 2.05) is 36.4 Å². The average molecular weight is 430 g/mol. The monoisotopic (exact) mass is 429 g/mol. The first-order valence-electron chi connectivity index (χ1n) is 10.3. The summed E-state index contributed by atoms with van der Waals surface area (Å²) in [7, 11) is 0. The minimum atomic E-state index is -0.645. The molecule has 0 aliphatic carbocycles. The summed E-state index contributed by atoms with van der Waals surface area (Å²) in [6.45, 7) is 4.17. The van der Waals surface area contributed by atoms with Gasteiger partial charge >= 0.3 is 11.8 Å². The van der Waals surface area contributed by atoms with Gasteiger partial charge in [0, 0.05) is 31.2 Å². The van der Waals surface area contributed by atoms with Crippen LogP contribution < -0.4 is 10.6 Å². The van der Waals surface area contributed by atoms with E-state index in [2.05, 4.69) is 27.7 Å². The molecule has 0 bridgehead atoms. The third kappa shape index (κ3) is 6.83. The molecule has 1 aliphatic heterocycles. The van der Waals surface area contributed by atoms with E-state index in [4.69, 9.17) is 16.3 Å². The molecule has 0 spiro atoms. The number of hydrogen-bond acceptors (Lipinski definition) is 4. The van der Waals surface area contributed by atoms with E-state index in [0.717, 1.165) is 44.6 Å². The lowest BCUT2D eigenvalue weighted by molar-refractivity contribution is -0.139. The van der Waals surface area contributed by atoms with Crippen molar-refractivity contribution in [2.45, 2.75) is 25.5 Å². The highest BCUT2D eigenvalue weighted by molar-refractivity contribution is 6.35. The summed E-state index contributed by atoms with van der Waals surface area (Å²) in [5, 5.41) is 5.84. The van der Waals surface area contributed by atoms with Crippen molar-refractivity contribution < 1.29 is 14.3 Å². The van der Waals surface area contributed by atoms with Gasteiger partial charge in [0.2, 0.25) is 0 Å². The minimum absolute atomic E-state index is 0.112. The molecule has 2 amide bonds. The molecular weight excluding hydrogens is 402 g/mol. The molecule has 30 heavy (non-hydrogen) atoms. The van der Waals surface area contributed by atoms with Crippen molar-refractivity contribution in [2.24, 2.45) is 0 Å². The van der Waals surface area contributed by atoms with E-state index in [1.165, 1.54) is 5.56 Å². The van der Waals surface area contributed by atoms with Crippen molar-refractivity contribution in [3.8, 4) is 0 Å². The molecule has 0 aromatic heterocycles. The largest absolute Gasteiger partial charge is 0.371 e. The van der Waals surface area contributed by atoms with Crippen molar-refractivity contribution in [1.29, 1.82) is 0 Å². The number of nitrogens with zero attached hydrogens (tertiary/aromatic N) is 1. The second-order valence-electron chi connectivity index (χ2n) is 7.31. The number of nitrogens with one attached hydrogen (secondary N) is 2. The van der Waals surface area contributed by atoms with E-state index in [0.29, 0.717) is 11.6 Å². The van der Waals surface area contributed by atoms with Crippen LogP contribution in [0, 0.1) is 0 Å². The van der Waals surface area contributed by atoms with Gasteiger partial charge in [-0.25, -0.2) is 0 Å². The van der Waals surface area contributed by atoms with E-state index in [-0.39, 0.29) is 12.6 Å². The molecular formula is C23H28ClN3O3. The summed E-state index contributed by atoms with van der Waals surface area (Å²) in [6.07, 6.45) is 1.88. The van der Waals surface area contributed by atoms with Gasteiger partial charge in [-0.1, -0.05) is 60.1 Å². The Bertz CT molecular complexity index is 831. The van der Waals surface area contributed by atoms with Gasteiger partial charge in [0.15, 0.2) is 0 Å². The van der Waals surface area contributed by atoms with E-state index in [1.54, 1.807) is 6.07 Å². The Morgan fingerprint density at radius 3 is 2.53 bits per heavy atom. The van der Waals surface area contributed by atoms with E-state index in [9.17, 15) is 9.59 Å². The number of morpholine rings is 1. The first kappa shape index (κ1) is 22.3. The van der Waals surface area contributed by atoms with Gasteiger partial charge in [-0.05, 0) is 36.6 Å². The zero-order valence-electron chi connectivity index (χ0n) is 17.0. The summed E-state index contributed by atoms with van der Waals surface area (Å²) in [6, 6.07) is 17.5. The summed E-state index contributed by atoms with van der Waals surface area (Å²) >= 11 is 6.05. The molecule has 1 saturated heterocycles. The third-order valence-electron chi connectivity index (χ3n) is 5.11. The Balaban J connectivity index is 1.29. The smallest absolute Gasteiger partial charge is 0.309 e. The first-order chi connectivity index (χ1) is 14.6. The highest BCUT2D eigenvalue weighted by atomic mass is 35.5. The predicted octanol–water partition coefficient (Wildman–Crippen LogP) is 2.93. The van der Waals surface area contributed by atoms with E-state index < -0.39 is 11.8 Å². The van der Waals surface area contributed by atoms with Crippen LogP contribution in [0.5, 0.6) is 0 Å². The average Bonchev–Trinajstić information content (AvgIpc) is 2.78. The maximum Gasteiger partial charge on any atom is 0.309 e. The highest BCUT2D eigenvalue weighted by Gasteiger charge is 2.21. The van der Waals surface area contributed by atoms with Gasteiger partial charge in [0.1, 0.15) is 0 Å². The highest BCUT2D eigenvalue weighted by Crippen LogP contribution is 2.22. The van der Waals surface area contributed by atoms with Crippen molar-refractivity contribution in [3.63, 3.8) is 0 Å². The Morgan fingerprint density at radius 2 is 1.73 bits per heavy atom. The third-order valence-corrected chi connectivity index (χ3v) is 5.48. The molecule has 0 saturated carbocycles. The fourth-order valence-corrected chi connectivity index (χ4v) is 3.62. The number of amides is 2. The summed E-state index contributed by atoms with van der Waals surface area (Å²) in [5.41, 5.74) is 1.98. The molecule has 7 heteroatoms.